The van der Waals surface area contributed by atoms with Crippen LogP contribution in [0, 0.1) is 0 Å². The molecule has 7 nitrogen and oxygen atoms in total. The van der Waals surface area contributed by atoms with Crippen LogP contribution in [-0.4, -0.2) is 29.9 Å². The Kier molecular flexibility index (Phi) is 3.25. The van der Waals surface area contributed by atoms with Gasteiger partial charge in [0.2, 0.25) is 0 Å². The number of H-pyrrole nitrogens is 2. The van der Waals surface area contributed by atoms with Gasteiger partial charge in [0.1, 0.15) is 11.2 Å². The monoisotopic (exact) mass is 380 g/mol. The largest absolute Gasteiger partial charge is 0.472 e. The number of hydrogen-bond acceptors (Lipinski definition) is 4. The zero-order chi connectivity index (χ0) is 19.4. The smallest absolute Gasteiger partial charge is 0.135 e. The van der Waals surface area contributed by atoms with Gasteiger partial charge in [0.05, 0.1) is 35.6 Å². The summed E-state index contributed by atoms with van der Waals surface area (Å²) in [6.45, 7) is 0. The molecule has 0 saturated carbocycles. The van der Waals surface area contributed by atoms with Gasteiger partial charge in [-0.05, 0) is 35.9 Å². The van der Waals surface area contributed by atoms with Gasteiger partial charge in [-0.15, -0.1) is 0 Å². The number of nitrogens with one attached hydrogen (secondary N) is 2. The summed E-state index contributed by atoms with van der Waals surface area (Å²) in [5.41, 5.74) is 8.46. The fourth-order valence-electron chi connectivity index (χ4n) is 3.75. The van der Waals surface area contributed by atoms with Crippen molar-refractivity contribution in [3.05, 3.63) is 67.4 Å². The molecule has 0 bridgehead atoms. The molecule has 0 atom stereocenters. The molecule has 29 heavy (non-hydrogen) atoms. The quantitative estimate of drug-likeness (QED) is 0.463. The lowest BCUT2D eigenvalue weighted by Gasteiger charge is -1.98. The normalized spacial score (nSPS) is 11.6. The van der Waals surface area contributed by atoms with Crippen LogP contribution in [-0.2, 0) is 7.05 Å². The molecule has 0 aliphatic carbocycles. The van der Waals surface area contributed by atoms with Crippen LogP contribution in [0.2, 0.25) is 0 Å². The Bertz CT molecular complexity index is 1470. The van der Waals surface area contributed by atoms with Crippen molar-refractivity contribution in [1.29, 1.82) is 0 Å². The van der Waals surface area contributed by atoms with Gasteiger partial charge in [-0.3, -0.25) is 9.78 Å². The maximum atomic E-state index is 5.27. The third kappa shape index (κ3) is 2.48. The van der Waals surface area contributed by atoms with E-state index >= 15 is 0 Å². The van der Waals surface area contributed by atoms with Crippen molar-refractivity contribution in [2.75, 3.05) is 0 Å². The van der Waals surface area contributed by atoms with E-state index in [0.29, 0.717) is 0 Å². The van der Waals surface area contributed by atoms with Crippen molar-refractivity contribution in [3.8, 4) is 33.8 Å². The van der Waals surface area contributed by atoms with E-state index in [1.807, 2.05) is 43.7 Å². The SMILES string of the molecule is Cn1cc(-c2ccc3[nH]nc(-c4cc5c(-c6ccoc6)cccc5[nH]4)c3n2)cn1. The van der Waals surface area contributed by atoms with E-state index in [4.69, 9.17) is 9.40 Å². The molecule has 0 amide bonds. The van der Waals surface area contributed by atoms with Crippen LogP contribution in [0.25, 0.3) is 55.7 Å². The second-order valence-corrected chi connectivity index (χ2v) is 7.03. The number of aromatic nitrogens is 6. The molecule has 6 aromatic rings. The van der Waals surface area contributed by atoms with Crippen LogP contribution in [0.4, 0.5) is 0 Å². The number of fused-ring (bicyclic) bond motifs is 2. The second kappa shape index (κ2) is 5.93. The van der Waals surface area contributed by atoms with Crippen LogP contribution in [0.15, 0.2) is 71.8 Å². The number of rotatable bonds is 3. The highest BCUT2D eigenvalue weighted by Crippen LogP contribution is 2.34. The molecule has 7 heteroatoms. The first-order valence-corrected chi connectivity index (χ1v) is 9.25. The van der Waals surface area contributed by atoms with Crippen LogP contribution in [0.1, 0.15) is 0 Å². The Hall–Kier alpha value is -4.13. The average Bonchev–Trinajstić information content (AvgIpc) is 3.51. The Balaban J connectivity index is 1.53. The molecular weight excluding hydrogens is 364 g/mol. The van der Waals surface area contributed by atoms with Crippen LogP contribution in [0.5, 0.6) is 0 Å². The summed E-state index contributed by atoms with van der Waals surface area (Å²) in [5.74, 6) is 0. The van der Waals surface area contributed by atoms with Crippen molar-refractivity contribution in [2.24, 2.45) is 7.05 Å². The minimum Gasteiger partial charge on any atom is -0.472 e. The minimum absolute atomic E-state index is 0.792. The second-order valence-electron chi connectivity index (χ2n) is 7.03. The number of furan rings is 1. The highest BCUT2D eigenvalue weighted by Gasteiger charge is 2.15. The summed E-state index contributed by atoms with van der Waals surface area (Å²) in [7, 11) is 1.90. The molecule has 0 fully saturated rings. The van der Waals surface area contributed by atoms with Gasteiger partial charge in [-0.1, -0.05) is 12.1 Å². The molecule has 0 radical (unpaired) electrons. The van der Waals surface area contributed by atoms with Crippen LogP contribution >= 0.6 is 0 Å². The van der Waals surface area contributed by atoms with Gasteiger partial charge >= 0.3 is 0 Å². The first-order valence-electron chi connectivity index (χ1n) is 9.25. The van der Waals surface area contributed by atoms with Gasteiger partial charge in [0.25, 0.3) is 0 Å². The fraction of sp³-hybridized carbons (Fsp3) is 0.0455. The highest BCUT2D eigenvalue weighted by atomic mass is 16.3. The van der Waals surface area contributed by atoms with E-state index in [1.165, 1.54) is 0 Å². The number of hydrogen-bond donors (Lipinski definition) is 2. The van der Waals surface area contributed by atoms with Gasteiger partial charge in [-0.25, -0.2) is 4.98 Å². The predicted molar refractivity (Wildman–Crippen MR) is 111 cm³/mol. The fourth-order valence-corrected chi connectivity index (χ4v) is 3.75. The topological polar surface area (TPSA) is 88.3 Å². The highest BCUT2D eigenvalue weighted by molar-refractivity contribution is 6.00. The molecule has 0 saturated heterocycles. The Morgan fingerprint density at radius 2 is 2.00 bits per heavy atom. The van der Waals surface area contributed by atoms with Gasteiger partial charge < -0.3 is 9.40 Å². The molecule has 2 N–H and O–H groups in total. The van der Waals surface area contributed by atoms with Gasteiger partial charge in [0.15, 0.2) is 0 Å². The molecule has 5 heterocycles. The first-order chi connectivity index (χ1) is 14.3. The summed E-state index contributed by atoms with van der Waals surface area (Å²) in [4.78, 5) is 8.34. The number of pyridine rings is 1. The minimum atomic E-state index is 0.792. The van der Waals surface area contributed by atoms with Gasteiger partial charge in [0, 0.05) is 35.3 Å². The summed E-state index contributed by atoms with van der Waals surface area (Å²) in [5, 5.41) is 13.0. The maximum Gasteiger partial charge on any atom is 0.135 e. The van der Waals surface area contributed by atoms with E-state index in [2.05, 4.69) is 38.5 Å². The number of aryl methyl sites for hydroxylation is 1. The van der Waals surface area contributed by atoms with E-state index in [1.54, 1.807) is 17.2 Å². The van der Waals surface area contributed by atoms with Crippen molar-refractivity contribution in [2.45, 2.75) is 0 Å². The third-order valence-electron chi connectivity index (χ3n) is 5.16. The lowest BCUT2D eigenvalue weighted by Crippen LogP contribution is -1.86. The molecule has 0 aliphatic heterocycles. The molecule has 1 aromatic carbocycles. The lowest BCUT2D eigenvalue weighted by atomic mass is 10.0. The number of aromatic amines is 2. The van der Waals surface area contributed by atoms with E-state index in [0.717, 1.165) is 55.7 Å². The molecule has 5 aromatic heterocycles. The molecule has 0 aliphatic rings. The maximum absolute atomic E-state index is 5.27. The van der Waals surface area contributed by atoms with Crippen LogP contribution in [0.3, 0.4) is 0 Å². The van der Waals surface area contributed by atoms with Crippen LogP contribution < -0.4 is 0 Å². The zero-order valence-electron chi connectivity index (χ0n) is 15.5. The van der Waals surface area contributed by atoms with Gasteiger partial charge in [-0.2, -0.15) is 10.2 Å². The molecule has 6 rings (SSSR count). The van der Waals surface area contributed by atoms with Crippen molar-refractivity contribution in [1.82, 2.24) is 29.9 Å². The summed E-state index contributed by atoms with van der Waals surface area (Å²) >= 11 is 0. The average molecular weight is 380 g/mol. The standard InChI is InChI=1S/C22H16N6O/c1-28-11-14(10-23-28)17-5-6-19-21(25-17)22(27-26-19)20-9-16-15(13-7-8-29-12-13)3-2-4-18(16)24-20/h2-12,24H,1H3,(H,26,27). The van der Waals surface area contributed by atoms with E-state index in [-0.39, 0.29) is 0 Å². The molecule has 0 spiro atoms. The summed E-state index contributed by atoms with van der Waals surface area (Å²) < 4.78 is 7.04. The molecule has 140 valence electrons. The van der Waals surface area contributed by atoms with E-state index < -0.39 is 0 Å². The lowest BCUT2D eigenvalue weighted by molar-refractivity contribution is 0.568. The summed E-state index contributed by atoms with van der Waals surface area (Å²) in [6.07, 6.45) is 7.21. The number of nitrogens with zero attached hydrogens (tertiary/aromatic N) is 4. The number of benzene rings is 1. The van der Waals surface area contributed by atoms with Crippen molar-refractivity contribution >= 4 is 21.9 Å². The zero-order valence-corrected chi connectivity index (χ0v) is 15.5. The Morgan fingerprint density at radius 3 is 2.83 bits per heavy atom. The molecular formula is C22H16N6O. The van der Waals surface area contributed by atoms with Crippen molar-refractivity contribution in [3.63, 3.8) is 0 Å². The predicted octanol–water partition coefficient (Wildman–Crippen LogP) is 4.77. The van der Waals surface area contributed by atoms with Crippen molar-refractivity contribution < 1.29 is 4.42 Å². The Morgan fingerprint density at radius 1 is 1.03 bits per heavy atom. The summed E-state index contributed by atoms with van der Waals surface area (Å²) in [6, 6.07) is 14.2. The first kappa shape index (κ1) is 15.9. The Labute approximate surface area is 165 Å². The third-order valence-corrected chi connectivity index (χ3v) is 5.16. The molecule has 0 unspecified atom stereocenters. The van der Waals surface area contributed by atoms with E-state index in [9.17, 15) is 0 Å².